The van der Waals surface area contributed by atoms with Crippen molar-refractivity contribution in [1.82, 2.24) is 10.2 Å². The summed E-state index contributed by atoms with van der Waals surface area (Å²) >= 11 is 0. The summed E-state index contributed by atoms with van der Waals surface area (Å²) in [5.41, 5.74) is 10.7. The second-order valence-electron chi connectivity index (χ2n) is 6.22. The summed E-state index contributed by atoms with van der Waals surface area (Å²) in [5, 5.41) is 23.3. The second kappa shape index (κ2) is 7.45. The molecule has 2 saturated heterocycles. The van der Waals surface area contributed by atoms with E-state index in [9.17, 15) is 24.2 Å². The van der Waals surface area contributed by atoms with Crippen LogP contribution in [0.15, 0.2) is 9.98 Å². The van der Waals surface area contributed by atoms with E-state index in [0.29, 0.717) is 0 Å². The van der Waals surface area contributed by atoms with Crippen molar-refractivity contribution in [3.05, 3.63) is 0 Å². The summed E-state index contributed by atoms with van der Waals surface area (Å²) in [5.74, 6) is 0.200. The van der Waals surface area contributed by atoms with Gasteiger partial charge in [0.25, 0.3) is 0 Å². The fourth-order valence-electron chi connectivity index (χ4n) is 2.96. The zero-order valence-corrected chi connectivity index (χ0v) is 15.8. The highest BCUT2D eigenvalue weighted by molar-refractivity contribution is 7.60. The lowest BCUT2D eigenvalue weighted by Gasteiger charge is -2.34. The molecule has 0 aromatic heterocycles. The van der Waals surface area contributed by atoms with Gasteiger partial charge in [-0.05, 0) is 0 Å². The standard InChI is InChI=1S/C10H20N6O10P2/c11-8-10(12)9(14-2-13-8)16(3-15-10)7-6(18)5(17)4(25-7)1-24-28(22,23)26-27(19,20)21/h2,4-8,15,17-18H,1,3,11-12H2,(H,22,23)(H2,19,20,21)/t4-,5-,6-,7-,8?,10-/m1/s1. The molecule has 10 N–H and O–H groups in total. The first-order valence-corrected chi connectivity index (χ1v) is 10.8. The minimum absolute atomic E-state index is 0.0359. The van der Waals surface area contributed by atoms with Gasteiger partial charge in [-0.2, -0.15) is 4.31 Å². The zero-order valence-electron chi connectivity index (χ0n) is 14.0. The first kappa shape index (κ1) is 21.9. The van der Waals surface area contributed by atoms with Gasteiger partial charge in [0.15, 0.2) is 11.9 Å². The van der Waals surface area contributed by atoms with E-state index in [-0.39, 0.29) is 12.5 Å². The number of phosphoric acid groups is 2. The molecule has 0 aromatic rings. The lowest BCUT2D eigenvalue weighted by Crippen LogP contribution is -2.67. The van der Waals surface area contributed by atoms with Gasteiger partial charge in [0.05, 0.1) is 13.3 Å². The van der Waals surface area contributed by atoms with E-state index in [4.69, 9.17) is 26.0 Å². The maximum absolute atomic E-state index is 11.5. The van der Waals surface area contributed by atoms with Crippen LogP contribution in [0.25, 0.3) is 0 Å². The highest BCUT2D eigenvalue weighted by Gasteiger charge is 2.54. The van der Waals surface area contributed by atoms with Crippen LogP contribution in [0, 0.1) is 0 Å². The van der Waals surface area contributed by atoms with Gasteiger partial charge in [-0.15, -0.1) is 0 Å². The van der Waals surface area contributed by atoms with Crippen LogP contribution in [0.1, 0.15) is 0 Å². The van der Waals surface area contributed by atoms with Gasteiger partial charge in [0, 0.05) is 0 Å². The number of nitrogens with zero attached hydrogens (tertiary/aromatic N) is 3. The monoisotopic (exact) mass is 446 g/mol. The molecule has 0 aliphatic carbocycles. The molecule has 2 fully saturated rings. The van der Waals surface area contributed by atoms with E-state index in [1.807, 2.05) is 0 Å². The molecule has 2 unspecified atom stereocenters. The van der Waals surface area contributed by atoms with Crippen molar-refractivity contribution in [1.29, 1.82) is 0 Å². The summed E-state index contributed by atoms with van der Waals surface area (Å²) in [4.78, 5) is 35.8. The van der Waals surface area contributed by atoms with E-state index in [0.717, 1.165) is 0 Å². The predicted molar refractivity (Wildman–Crippen MR) is 90.2 cm³/mol. The lowest BCUT2D eigenvalue weighted by molar-refractivity contribution is -0.0687. The molecule has 3 rings (SSSR count). The molecule has 0 radical (unpaired) electrons. The summed E-state index contributed by atoms with van der Waals surface area (Å²) < 4.78 is 35.7. The SMILES string of the molecule is NC1N=CN=C2N([C@@H]3O[C@H](COP(=O)(O)OP(=O)(O)O)[C@@H](O)[C@H]3O)CN[C@@]21N. The minimum Gasteiger partial charge on any atom is -0.387 e. The molecular formula is C10H20N6O10P2. The first-order valence-electron chi connectivity index (χ1n) is 7.76. The molecule has 3 heterocycles. The van der Waals surface area contributed by atoms with Crippen molar-refractivity contribution in [3.8, 4) is 0 Å². The molecule has 18 heteroatoms. The number of hydrogen-bond acceptors (Lipinski definition) is 13. The zero-order chi connectivity index (χ0) is 20.9. The molecule has 28 heavy (non-hydrogen) atoms. The average Bonchev–Trinajstić information content (AvgIpc) is 3.04. The van der Waals surface area contributed by atoms with Crippen LogP contribution in [0.5, 0.6) is 0 Å². The quantitative estimate of drug-likeness (QED) is 0.181. The molecule has 160 valence electrons. The molecule has 0 bridgehead atoms. The van der Waals surface area contributed by atoms with Crippen molar-refractivity contribution < 1.29 is 47.6 Å². The van der Waals surface area contributed by atoms with E-state index in [1.54, 1.807) is 0 Å². The van der Waals surface area contributed by atoms with Gasteiger partial charge in [0.2, 0.25) is 0 Å². The molecule has 3 aliphatic heterocycles. The van der Waals surface area contributed by atoms with E-state index >= 15 is 0 Å². The normalized spacial score (nSPS) is 40.3. The Morgan fingerprint density at radius 3 is 2.68 bits per heavy atom. The van der Waals surface area contributed by atoms with Gasteiger partial charge in [-0.25, -0.2) is 14.1 Å². The number of phosphoric ester groups is 1. The van der Waals surface area contributed by atoms with Crippen molar-refractivity contribution in [3.63, 3.8) is 0 Å². The molecule has 7 atom stereocenters. The maximum atomic E-state index is 11.5. The van der Waals surface area contributed by atoms with E-state index in [2.05, 4.69) is 24.1 Å². The van der Waals surface area contributed by atoms with Gasteiger partial charge in [-0.3, -0.25) is 14.8 Å². The molecule has 0 saturated carbocycles. The second-order valence-corrected chi connectivity index (χ2v) is 9.05. The largest absolute Gasteiger partial charge is 0.481 e. The lowest BCUT2D eigenvalue weighted by atomic mass is 10.1. The highest BCUT2D eigenvalue weighted by atomic mass is 31.3. The van der Waals surface area contributed by atoms with Gasteiger partial charge in [0.1, 0.15) is 36.7 Å². The number of nitrogens with two attached hydrogens (primary N) is 2. The molecule has 3 aliphatic rings. The Morgan fingerprint density at radius 2 is 2.04 bits per heavy atom. The van der Waals surface area contributed by atoms with E-state index in [1.165, 1.54) is 11.2 Å². The topological polar surface area (TPSA) is 255 Å². The number of amidine groups is 1. The number of aliphatic imine (C=N–C) groups is 2. The number of aliphatic hydroxyl groups is 2. The molecule has 0 aromatic carbocycles. The first-order chi connectivity index (χ1) is 12.8. The van der Waals surface area contributed by atoms with Gasteiger partial charge < -0.3 is 46.0 Å². The third-order valence-electron chi connectivity index (χ3n) is 4.31. The summed E-state index contributed by atoms with van der Waals surface area (Å²) in [7, 11) is -10.4. The number of ether oxygens (including phenoxy) is 1. The Kier molecular flexibility index (Phi) is 5.81. The molecule has 0 amide bonds. The maximum Gasteiger partial charge on any atom is 0.481 e. The van der Waals surface area contributed by atoms with Crippen molar-refractivity contribution in [2.75, 3.05) is 13.3 Å². The minimum atomic E-state index is -5.30. The predicted octanol–water partition coefficient (Wildman–Crippen LogP) is -4.10. The Morgan fingerprint density at radius 1 is 1.36 bits per heavy atom. The smallest absolute Gasteiger partial charge is 0.387 e. The van der Waals surface area contributed by atoms with Crippen LogP contribution in [0.2, 0.25) is 0 Å². The van der Waals surface area contributed by atoms with Crippen molar-refractivity contribution in [2.24, 2.45) is 21.5 Å². The number of nitrogens with one attached hydrogen (secondary N) is 1. The molecule has 16 nitrogen and oxygen atoms in total. The molecule has 0 spiro atoms. The summed E-state index contributed by atoms with van der Waals surface area (Å²) in [6.07, 6.45) is -5.27. The Bertz CT molecular complexity index is 776. The fourth-order valence-corrected chi connectivity index (χ4v) is 4.56. The Hall–Kier alpha value is -0.840. The van der Waals surface area contributed by atoms with Gasteiger partial charge >= 0.3 is 15.6 Å². The number of fused-ring (bicyclic) bond motifs is 1. The van der Waals surface area contributed by atoms with Crippen LogP contribution < -0.4 is 16.8 Å². The van der Waals surface area contributed by atoms with Crippen LogP contribution in [-0.4, -0.2) is 91.6 Å². The average molecular weight is 446 g/mol. The molecular weight excluding hydrogens is 426 g/mol. The van der Waals surface area contributed by atoms with Gasteiger partial charge in [-0.1, -0.05) is 0 Å². The van der Waals surface area contributed by atoms with Crippen LogP contribution >= 0.6 is 15.6 Å². The van der Waals surface area contributed by atoms with Crippen molar-refractivity contribution in [2.45, 2.75) is 36.4 Å². The third-order valence-corrected chi connectivity index (χ3v) is 6.47. The van der Waals surface area contributed by atoms with Crippen LogP contribution in [0.4, 0.5) is 0 Å². The Labute approximate surface area is 157 Å². The Balaban J connectivity index is 1.68. The van der Waals surface area contributed by atoms with Crippen molar-refractivity contribution >= 4 is 27.8 Å². The highest BCUT2D eigenvalue weighted by Crippen LogP contribution is 2.57. The van der Waals surface area contributed by atoms with E-state index < -0.39 is 58.6 Å². The fraction of sp³-hybridized carbons (Fsp3) is 0.800. The third kappa shape index (κ3) is 4.20. The van der Waals surface area contributed by atoms with Crippen LogP contribution in [0.3, 0.4) is 0 Å². The number of aliphatic hydroxyl groups excluding tert-OH is 2. The summed E-state index contributed by atoms with van der Waals surface area (Å²) in [6, 6.07) is 0. The number of hydrogen-bond donors (Lipinski definition) is 8. The number of rotatable bonds is 6. The summed E-state index contributed by atoms with van der Waals surface area (Å²) in [6.45, 7) is -0.779. The van der Waals surface area contributed by atoms with Crippen LogP contribution in [-0.2, 0) is 22.7 Å².